The number of amides is 2. The lowest BCUT2D eigenvalue weighted by Gasteiger charge is -2.47. The third-order valence-corrected chi connectivity index (χ3v) is 10.4. The molecule has 0 bridgehead atoms. The fraction of sp³-hybridized carbons (Fsp3) is 0.417. The Hall–Kier alpha value is -3.39. The summed E-state index contributed by atoms with van der Waals surface area (Å²) in [5, 5.41) is 8.63. The normalized spacial score (nSPS) is 23.7. The largest absolute Gasteiger partial charge is 0.465 e. The highest BCUT2D eigenvalue weighted by atomic mass is 35.5. The number of benzene rings is 3. The van der Waals surface area contributed by atoms with Gasteiger partial charge in [-0.25, -0.2) is 4.79 Å². The minimum Gasteiger partial charge on any atom is -0.465 e. The van der Waals surface area contributed by atoms with Crippen LogP contribution in [0.2, 0.25) is 10.0 Å². The zero-order chi connectivity index (χ0) is 31.5. The second-order valence-electron chi connectivity index (χ2n) is 12.6. The molecule has 1 aliphatic carbocycles. The molecule has 7 nitrogen and oxygen atoms in total. The van der Waals surface area contributed by atoms with Crippen molar-refractivity contribution in [3.8, 4) is 0 Å². The molecule has 0 aromatic heterocycles. The molecule has 9 heteroatoms. The molecule has 2 N–H and O–H groups in total. The van der Waals surface area contributed by atoms with Crippen LogP contribution < -0.4 is 10.6 Å². The zero-order valence-corrected chi connectivity index (χ0v) is 26.9. The van der Waals surface area contributed by atoms with Crippen LogP contribution in [0, 0.1) is 11.8 Å². The zero-order valence-electron chi connectivity index (χ0n) is 25.4. The number of esters is 1. The van der Waals surface area contributed by atoms with E-state index in [4.69, 9.17) is 27.9 Å². The number of piperidine rings is 2. The molecule has 2 heterocycles. The molecule has 2 saturated heterocycles. The van der Waals surface area contributed by atoms with Gasteiger partial charge in [-0.2, -0.15) is 0 Å². The summed E-state index contributed by atoms with van der Waals surface area (Å²) in [6.07, 6.45) is 5.07. The second-order valence-corrected chi connectivity index (χ2v) is 13.5. The van der Waals surface area contributed by atoms with E-state index < -0.39 is 5.97 Å². The highest BCUT2D eigenvalue weighted by Crippen LogP contribution is 2.45. The first kappa shape index (κ1) is 31.6. The van der Waals surface area contributed by atoms with Gasteiger partial charge in [0.1, 0.15) is 0 Å². The van der Waals surface area contributed by atoms with Crippen molar-refractivity contribution in [3.63, 3.8) is 0 Å². The number of nitrogens with zero attached hydrogens (tertiary/aromatic N) is 1. The number of halogens is 2. The Kier molecular flexibility index (Phi) is 9.78. The number of carbonyl (C=O) groups excluding carboxylic acids is 3. The van der Waals surface area contributed by atoms with Gasteiger partial charge in [-0.05, 0) is 104 Å². The van der Waals surface area contributed by atoms with Crippen LogP contribution in [0.25, 0.3) is 0 Å². The fourth-order valence-corrected chi connectivity index (χ4v) is 7.90. The molecule has 3 fully saturated rings. The molecule has 2 aliphatic heterocycles. The van der Waals surface area contributed by atoms with Crippen molar-refractivity contribution in [2.75, 3.05) is 20.2 Å². The van der Waals surface area contributed by atoms with E-state index in [1.807, 2.05) is 29.2 Å². The van der Waals surface area contributed by atoms with Gasteiger partial charge in [-0.15, -0.1) is 0 Å². The Bertz CT molecular complexity index is 1460. The monoisotopic (exact) mass is 647 g/mol. The minimum absolute atomic E-state index is 0.0347. The van der Waals surface area contributed by atoms with Gasteiger partial charge in [-0.3, -0.25) is 9.59 Å². The average molecular weight is 649 g/mol. The van der Waals surface area contributed by atoms with Crippen LogP contribution in [0.5, 0.6) is 0 Å². The van der Waals surface area contributed by atoms with Crippen LogP contribution in [-0.4, -0.2) is 61.0 Å². The van der Waals surface area contributed by atoms with Crippen LogP contribution in [-0.2, 0) is 9.53 Å². The maximum atomic E-state index is 13.2. The molecule has 236 valence electrons. The van der Waals surface area contributed by atoms with E-state index in [2.05, 4.69) is 34.9 Å². The van der Waals surface area contributed by atoms with Crippen molar-refractivity contribution in [3.05, 3.63) is 105 Å². The van der Waals surface area contributed by atoms with Gasteiger partial charge in [-0.1, -0.05) is 47.5 Å². The van der Waals surface area contributed by atoms with Crippen LogP contribution >= 0.6 is 23.2 Å². The van der Waals surface area contributed by atoms with E-state index in [9.17, 15) is 14.4 Å². The number of ether oxygens (including phenoxy) is 1. The molecule has 4 atom stereocenters. The number of likely N-dealkylation sites (tertiary alicyclic amines) is 1. The standard InChI is InChI=1S/C36H39Cl2N3O4/c1-45-36(44)25-4-2-24(3-5-25)35(43)41-18-16-29(17-19-41)39-32-21-33(42)40-31-15-10-26(20-30(31)32)34(22-6-11-27(37)12-7-22)23-8-13-28(38)14-9-23/h2-9,11-14,26,29-32,34,39H,10,15-21H2,1H3,(H,40,42). The maximum absolute atomic E-state index is 13.2. The predicted molar refractivity (Wildman–Crippen MR) is 176 cm³/mol. The van der Waals surface area contributed by atoms with Crippen LogP contribution in [0.15, 0.2) is 72.8 Å². The lowest BCUT2D eigenvalue weighted by Crippen LogP contribution is -2.60. The fourth-order valence-electron chi connectivity index (χ4n) is 7.64. The summed E-state index contributed by atoms with van der Waals surface area (Å²) in [5.41, 5.74) is 3.47. The lowest BCUT2D eigenvalue weighted by atomic mass is 9.65. The molecule has 3 aliphatic rings. The molecule has 0 radical (unpaired) electrons. The van der Waals surface area contributed by atoms with E-state index in [1.54, 1.807) is 24.3 Å². The molecule has 0 spiro atoms. The van der Waals surface area contributed by atoms with Crippen molar-refractivity contribution >= 4 is 41.0 Å². The minimum atomic E-state index is -0.422. The van der Waals surface area contributed by atoms with Crippen molar-refractivity contribution in [1.29, 1.82) is 0 Å². The van der Waals surface area contributed by atoms with Gasteiger partial charge >= 0.3 is 5.97 Å². The van der Waals surface area contributed by atoms with Crippen molar-refractivity contribution in [2.45, 2.75) is 62.6 Å². The summed E-state index contributed by atoms with van der Waals surface area (Å²) in [7, 11) is 1.34. The molecule has 3 aromatic rings. The molecule has 4 unspecified atom stereocenters. The van der Waals surface area contributed by atoms with Gasteiger partial charge in [0.05, 0.1) is 12.7 Å². The third-order valence-electron chi connectivity index (χ3n) is 9.92. The van der Waals surface area contributed by atoms with E-state index in [0.29, 0.717) is 42.5 Å². The summed E-state index contributed by atoms with van der Waals surface area (Å²) >= 11 is 12.5. The van der Waals surface area contributed by atoms with Gasteiger partial charge in [0.2, 0.25) is 5.91 Å². The van der Waals surface area contributed by atoms with E-state index in [0.717, 1.165) is 42.1 Å². The summed E-state index contributed by atoms with van der Waals surface area (Å²) < 4.78 is 4.76. The molecular weight excluding hydrogens is 609 g/mol. The number of nitrogens with one attached hydrogen (secondary N) is 2. The molecule has 2 amide bonds. The smallest absolute Gasteiger partial charge is 0.337 e. The van der Waals surface area contributed by atoms with Gasteiger partial charge in [0.15, 0.2) is 0 Å². The molecule has 1 saturated carbocycles. The number of carbonyl (C=O) groups is 3. The Labute approximate surface area is 274 Å². The number of hydrogen-bond donors (Lipinski definition) is 2. The number of hydrogen-bond acceptors (Lipinski definition) is 5. The Balaban J connectivity index is 1.12. The van der Waals surface area contributed by atoms with Crippen LogP contribution in [0.1, 0.15) is 76.3 Å². The van der Waals surface area contributed by atoms with Crippen LogP contribution in [0.4, 0.5) is 0 Å². The van der Waals surface area contributed by atoms with Crippen molar-refractivity contribution in [2.24, 2.45) is 11.8 Å². The second kappa shape index (κ2) is 13.9. The average Bonchev–Trinajstić information content (AvgIpc) is 3.06. The molecular formula is C36H39Cl2N3O4. The highest BCUT2D eigenvalue weighted by molar-refractivity contribution is 6.30. The highest BCUT2D eigenvalue weighted by Gasteiger charge is 2.44. The van der Waals surface area contributed by atoms with Gasteiger partial charge in [0.25, 0.3) is 5.91 Å². The molecule has 6 rings (SSSR count). The predicted octanol–water partition coefficient (Wildman–Crippen LogP) is 6.48. The van der Waals surface area contributed by atoms with E-state index in [-0.39, 0.29) is 35.9 Å². The SMILES string of the molecule is COC(=O)c1ccc(C(=O)N2CCC(NC3CC(=O)NC4CCC(C(c5ccc(Cl)cc5)c5ccc(Cl)cc5)CC43)CC2)cc1. The van der Waals surface area contributed by atoms with Gasteiger partial charge < -0.3 is 20.3 Å². The summed E-state index contributed by atoms with van der Waals surface area (Å²) in [6, 6.07) is 23.5. The number of methoxy groups -OCH3 is 1. The Morgan fingerprint density at radius 2 is 1.42 bits per heavy atom. The molecule has 45 heavy (non-hydrogen) atoms. The number of fused-ring (bicyclic) bond motifs is 1. The summed E-state index contributed by atoms with van der Waals surface area (Å²) in [6.45, 7) is 1.28. The molecule has 3 aromatic carbocycles. The lowest BCUT2D eigenvalue weighted by molar-refractivity contribution is -0.126. The Morgan fingerprint density at radius 3 is 2.00 bits per heavy atom. The van der Waals surface area contributed by atoms with E-state index in [1.165, 1.54) is 18.2 Å². The summed E-state index contributed by atoms with van der Waals surface area (Å²) in [5.74, 6) is 0.577. The van der Waals surface area contributed by atoms with Crippen LogP contribution in [0.3, 0.4) is 0 Å². The first-order chi connectivity index (χ1) is 21.8. The number of rotatable bonds is 7. The van der Waals surface area contributed by atoms with E-state index >= 15 is 0 Å². The van der Waals surface area contributed by atoms with Gasteiger partial charge in [0, 0.05) is 59.2 Å². The summed E-state index contributed by atoms with van der Waals surface area (Å²) in [4.78, 5) is 39.6. The maximum Gasteiger partial charge on any atom is 0.337 e. The third kappa shape index (κ3) is 7.21. The first-order valence-corrected chi connectivity index (χ1v) is 16.6. The first-order valence-electron chi connectivity index (χ1n) is 15.8. The quantitative estimate of drug-likeness (QED) is 0.287. The topological polar surface area (TPSA) is 87.7 Å². The van der Waals surface area contributed by atoms with Crippen molar-refractivity contribution in [1.82, 2.24) is 15.5 Å². The Morgan fingerprint density at radius 1 is 0.844 bits per heavy atom. The van der Waals surface area contributed by atoms with Crippen molar-refractivity contribution < 1.29 is 19.1 Å².